The molecule has 126 valence electrons. The zero-order valence-electron chi connectivity index (χ0n) is 14.4. The molecule has 0 spiro atoms. The average Bonchev–Trinajstić information content (AvgIpc) is 2.58. The Balaban J connectivity index is 2.50. The van der Waals surface area contributed by atoms with Crippen molar-refractivity contribution in [3.63, 3.8) is 0 Å². The topological polar surface area (TPSA) is 57.6 Å². The molecule has 0 amide bonds. The number of benzene rings is 2. The highest BCUT2D eigenvalue weighted by Gasteiger charge is 2.20. The third-order valence-electron chi connectivity index (χ3n) is 4.05. The molecule has 4 nitrogen and oxygen atoms in total. The van der Waals surface area contributed by atoms with E-state index in [0.717, 1.165) is 30.5 Å². The first-order valence-corrected chi connectivity index (χ1v) is 8.13. The monoisotopic (exact) mass is 325 g/mol. The number of rotatable bonds is 7. The van der Waals surface area contributed by atoms with E-state index in [2.05, 4.69) is 6.92 Å². The fourth-order valence-electron chi connectivity index (χ4n) is 2.67. The molecule has 0 saturated carbocycles. The zero-order chi connectivity index (χ0) is 17.7. The number of hydrogen-bond acceptors (Lipinski definition) is 3. The molecule has 0 unspecified atom stereocenters. The van der Waals surface area contributed by atoms with E-state index in [1.807, 2.05) is 31.1 Å². The van der Waals surface area contributed by atoms with Gasteiger partial charge in [0.25, 0.3) is 0 Å². The zero-order valence-corrected chi connectivity index (χ0v) is 14.4. The van der Waals surface area contributed by atoms with Crippen LogP contribution in [-0.4, -0.2) is 31.0 Å². The average molecular weight is 325 g/mol. The second-order valence-corrected chi connectivity index (χ2v) is 6.02. The van der Waals surface area contributed by atoms with Gasteiger partial charge in [-0.15, -0.1) is 0 Å². The Hall–Kier alpha value is -2.62. The Morgan fingerprint density at radius 2 is 1.67 bits per heavy atom. The van der Waals surface area contributed by atoms with Crippen molar-refractivity contribution in [2.24, 2.45) is 0 Å². The summed E-state index contributed by atoms with van der Waals surface area (Å²) in [5, 5.41) is 9.33. The molecule has 0 bridgehead atoms. The molecule has 0 aliphatic rings. The third kappa shape index (κ3) is 3.82. The third-order valence-corrected chi connectivity index (χ3v) is 4.05. The Morgan fingerprint density at radius 1 is 1.00 bits per heavy atom. The number of carbonyl (C=O) groups excluding carboxylic acids is 1. The molecule has 0 radical (unpaired) electrons. The predicted molar refractivity (Wildman–Crippen MR) is 96.2 cm³/mol. The fourth-order valence-corrected chi connectivity index (χ4v) is 2.67. The van der Waals surface area contributed by atoms with Gasteiger partial charge in [-0.2, -0.15) is 0 Å². The lowest BCUT2D eigenvalue weighted by Gasteiger charge is -2.17. The molecular weight excluding hydrogens is 302 g/mol. The van der Waals surface area contributed by atoms with Crippen LogP contribution >= 0.6 is 0 Å². The van der Waals surface area contributed by atoms with Crippen molar-refractivity contribution in [2.75, 3.05) is 19.0 Å². The van der Waals surface area contributed by atoms with Crippen molar-refractivity contribution in [3.8, 4) is 0 Å². The highest BCUT2D eigenvalue weighted by molar-refractivity contribution is 6.15. The van der Waals surface area contributed by atoms with Gasteiger partial charge in [0.1, 0.15) is 0 Å². The van der Waals surface area contributed by atoms with E-state index < -0.39 is 5.97 Å². The van der Waals surface area contributed by atoms with Crippen LogP contribution < -0.4 is 4.90 Å². The van der Waals surface area contributed by atoms with E-state index in [1.165, 1.54) is 6.07 Å². The maximum absolute atomic E-state index is 13.0. The minimum atomic E-state index is -1.08. The van der Waals surface area contributed by atoms with Crippen LogP contribution in [0.2, 0.25) is 0 Å². The van der Waals surface area contributed by atoms with Crippen LogP contribution in [0.15, 0.2) is 42.5 Å². The molecule has 2 aromatic carbocycles. The molecule has 2 rings (SSSR count). The summed E-state index contributed by atoms with van der Waals surface area (Å²) in [6.45, 7) is 2.11. The van der Waals surface area contributed by atoms with Crippen molar-refractivity contribution in [3.05, 3.63) is 64.7 Å². The second kappa shape index (κ2) is 7.77. The number of aromatic carboxylic acids is 1. The van der Waals surface area contributed by atoms with Crippen LogP contribution in [0.3, 0.4) is 0 Å². The van der Waals surface area contributed by atoms with Crippen LogP contribution in [0.5, 0.6) is 0 Å². The van der Waals surface area contributed by atoms with Gasteiger partial charge in [0.2, 0.25) is 0 Å². The highest BCUT2D eigenvalue weighted by Crippen LogP contribution is 2.24. The first-order chi connectivity index (χ1) is 11.5. The molecular formula is C20H23NO3. The van der Waals surface area contributed by atoms with Crippen molar-refractivity contribution < 1.29 is 14.7 Å². The molecule has 0 heterocycles. The number of nitrogens with zero attached hydrogens (tertiary/aromatic N) is 1. The van der Waals surface area contributed by atoms with Gasteiger partial charge in [0.05, 0.1) is 5.56 Å². The number of unbranched alkanes of at least 4 members (excludes halogenated alkanes) is 1. The van der Waals surface area contributed by atoms with Gasteiger partial charge in [-0.1, -0.05) is 31.5 Å². The van der Waals surface area contributed by atoms with E-state index in [9.17, 15) is 14.7 Å². The first-order valence-electron chi connectivity index (χ1n) is 8.13. The summed E-state index contributed by atoms with van der Waals surface area (Å²) in [5.41, 5.74) is 2.86. The molecule has 0 aliphatic carbocycles. The molecule has 0 aliphatic heterocycles. The van der Waals surface area contributed by atoms with Gasteiger partial charge in [-0.05, 0) is 42.7 Å². The SMILES string of the molecule is CCCCc1cc(N(C)C)ccc1C(=O)c1ccccc1C(=O)O. The van der Waals surface area contributed by atoms with E-state index >= 15 is 0 Å². The van der Waals surface area contributed by atoms with Crippen LogP contribution in [-0.2, 0) is 6.42 Å². The Kier molecular flexibility index (Phi) is 5.74. The summed E-state index contributed by atoms with van der Waals surface area (Å²) in [5.74, 6) is -1.32. The number of anilines is 1. The van der Waals surface area contributed by atoms with E-state index in [1.54, 1.807) is 24.3 Å². The summed E-state index contributed by atoms with van der Waals surface area (Å²) in [6, 6.07) is 12.1. The van der Waals surface area contributed by atoms with Crippen molar-refractivity contribution in [1.82, 2.24) is 0 Å². The van der Waals surface area contributed by atoms with Gasteiger partial charge < -0.3 is 10.0 Å². The van der Waals surface area contributed by atoms with Gasteiger partial charge in [-0.25, -0.2) is 4.79 Å². The smallest absolute Gasteiger partial charge is 0.336 e. The normalized spacial score (nSPS) is 10.5. The maximum Gasteiger partial charge on any atom is 0.336 e. The van der Waals surface area contributed by atoms with Crippen molar-refractivity contribution in [1.29, 1.82) is 0 Å². The molecule has 4 heteroatoms. The first kappa shape index (κ1) is 17.7. The minimum Gasteiger partial charge on any atom is -0.478 e. The van der Waals surface area contributed by atoms with E-state index in [0.29, 0.717) is 5.56 Å². The number of ketones is 1. The number of carbonyl (C=O) groups is 2. The lowest BCUT2D eigenvalue weighted by atomic mass is 9.92. The molecule has 0 saturated heterocycles. The molecule has 24 heavy (non-hydrogen) atoms. The molecule has 0 atom stereocenters. The quantitative estimate of drug-likeness (QED) is 0.781. The molecule has 0 fully saturated rings. The fraction of sp³-hybridized carbons (Fsp3) is 0.300. The lowest BCUT2D eigenvalue weighted by molar-refractivity contribution is 0.0692. The second-order valence-electron chi connectivity index (χ2n) is 6.02. The van der Waals surface area contributed by atoms with Gasteiger partial charge in [0.15, 0.2) is 5.78 Å². The summed E-state index contributed by atoms with van der Waals surface area (Å²) in [7, 11) is 3.92. The lowest BCUT2D eigenvalue weighted by Crippen LogP contribution is -2.13. The summed E-state index contributed by atoms with van der Waals surface area (Å²) in [6.07, 6.45) is 2.82. The molecule has 1 N–H and O–H groups in total. The van der Waals surface area contributed by atoms with Crippen LogP contribution in [0, 0.1) is 0 Å². The largest absolute Gasteiger partial charge is 0.478 e. The van der Waals surface area contributed by atoms with Crippen molar-refractivity contribution in [2.45, 2.75) is 26.2 Å². The standard InChI is InChI=1S/C20H23NO3/c1-4-5-8-14-13-15(21(2)3)11-12-16(14)19(22)17-9-6-7-10-18(17)20(23)24/h6-7,9-13H,4-5,8H2,1-3H3,(H,23,24). The van der Waals surface area contributed by atoms with Crippen molar-refractivity contribution >= 4 is 17.4 Å². The van der Waals surface area contributed by atoms with E-state index in [-0.39, 0.29) is 16.9 Å². The number of carboxylic acid groups (broad SMARTS) is 1. The predicted octanol–water partition coefficient (Wildman–Crippen LogP) is 4.02. The number of carboxylic acids is 1. The van der Waals surface area contributed by atoms with Gasteiger partial charge in [-0.3, -0.25) is 4.79 Å². The summed E-state index contributed by atoms with van der Waals surface area (Å²) < 4.78 is 0. The summed E-state index contributed by atoms with van der Waals surface area (Å²) >= 11 is 0. The Morgan fingerprint density at radius 3 is 2.25 bits per heavy atom. The van der Waals surface area contributed by atoms with Crippen LogP contribution in [0.25, 0.3) is 0 Å². The highest BCUT2D eigenvalue weighted by atomic mass is 16.4. The van der Waals surface area contributed by atoms with E-state index in [4.69, 9.17) is 0 Å². The van der Waals surface area contributed by atoms with Gasteiger partial charge in [0, 0.05) is 30.9 Å². The van der Waals surface area contributed by atoms with Crippen LogP contribution in [0.1, 0.15) is 51.6 Å². The molecule has 2 aromatic rings. The number of hydrogen-bond donors (Lipinski definition) is 1. The Labute approximate surface area is 142 Å². The molecule has 0 aromatic heterocycles. The summed E-state index contributed by atoms with van der Waals surface area (Å²) in [4.78, 5) is 26.4. The maximum atomic E-state index is 13.0. The minimum absolute atomic E-state index is 0.0422. The van der Waals surface area contributed by atoms with Crippen LogP contribution in [0.4, 0.5) is 5.69 Å². The number of aryl methyl sites for hydroxylation is 1. The Bertz CT molecular complexity index is 750. The van der Waals surface area contributed by atoms with Gasteiger partial charge >= 0.3 is 5.97 Å².